The molecule has 1 heterocycles. The van der Waals surface area contributed by atoms with E-state index < -0.39 is 14.6 Å². The number of benzene rings is 1. The van der Waals surface area contributed by atoms with E-state index in [1.807, 2.05) is 30.3 Å². The highest BCUT2D eigenvalue weighted by molar-refractivity contribution is 7.92. The van der Waals surface area contributed by atoms with Crippen LogP contribution < -0.4 is 5.32 Å². The molecule has 0 atom stereocenters. The molecule has 1 aliphatic rings. The second-order valence-electron chi connectivity index (χ2n) is 8.22. The van der Waals surface area contributed by atoms with Gasteiger partial charge < -0.3 is 10.2 Å². The van der Waals surface area contributed by atoms with Gasteiger partial charge >= 0.3 is 0 Å². The zero-order valence-corrected chi connectivity index (χ0v) is 16.5. The van der Waals surface area contributed by atoms with Gasteiger partial charge in [0.05, 0.1) is 0 Å². The third kappa shape index (κ3) is 4.82. The summed E-state index contributed by atoms with van der Waals surface area (Å²) < 4.78 is 23.9. The largest absolute Gasteiger partial charge is 0.336 e. The van der Waals surface area contributed by atoms with Crippen LogP contribution in [0.4, 0.5) is 0 Å². The van der Waals surface area contributed by atoms with Crippen molar-refractivity contribution in [3.05, 3.63) is 35.9 Å². The minimum atomic E-state index is -3.51. The van der Waals surface area contributed by atoms with Crippen LogP contribution in [0, 0.1) is 5.41 Å². The fourth-order valence-corrected chi connectivity index (χ4v) is 4.83. The average Bonchev–Trinajstić information content (AvgIpc) is 2.53. The van der Waals surface area contributed by atoms with Crippen LogP contribution in [0.25, 0.3) is 0 Å². The van der Waals surface area contributed by atoms with E-state index in [-0.39, 0.29) is 11.3 Å². The Labute approximate surface area is 151 Å². The van der Waals surface area contributed by atoms with Gasteiger partial charge in [-0.2, -0.15) is 0 Å². The molecule has 1 saturated heterocycles. The molecule has 2 rings (SSSR count). The van der Waals surface area contributed by atoms with Gasteiger partial charge in [-0.1, -0.05) is 51.1 Å². The van der Waals surface area contributed by atoms with Crippen molar-refractivity contribution in [3.8, 4) is 0 Å². The van der Waals surface area contributed by atoms with Crippen molar-refractivity contribution in [2.75, 3.05) is 25.9 Å². The highest BCUT2D eigenvalue weighted by Gasteiger charge is 2.50. The van der Waals surface area contributed by atoms with Crippen LogP contribution in [-0.2, 0) is 21.2 Å². The summed E-state index contributed by atoms with van der Waals surface area (Å²) in [6.45, 7) is 8.24. The Balaban J connectivity index is 2.38. The van der Waals surface area contributed by atoms with Gasteiger partial charge in [-0.3, -0.25) is 4.79 Å². The molecule has 1 aromatic carbocycles. The topological polar surface area (TPSA) is 66.5 Å². The lowest BCUT2D eigenvalue weighted by molar-refractivity contribution is -0.136. The lowest BCUT2D eigenvalue weighted by Crippen LogP contribution is -2.59. The first-order valence-electron chi connectivity index (χ1n) is 8.79. The highest BCUT2D eigenvalue weighted by atomic mass is 32.2. The summed E-state index contributed by atoms with van der Waals surface area (Å²) in [6, 6.07) is 9.75. The average molecular weight is 367 g/mol. The zero-order valence-electron chi connectivity index (χ0n) is 15.7. The number of piperidine rings is 1. The molecule has 25 heavy (non-hydrogen) atoms. The van der Waals surface area contributed by atoms with Crippen molar-refractivity contribution in [1.29, 1.82) is 0 Å². The van der Waals surface area contributed by atoms with Crippen LogP contribution in [0.5, 0.6) is 0 Å². The van der Waals surface area contributed by atoms with Crippen molar-refractivity contribution in [3.63, 3.8) is 0 Å². The maximum atomic E-state index is 13.5. The van der Waals surface area contributed by atoms with Gasteiger partial charge in [0, 0.05) is 19.3 Å². The van der Waals surface area contributed by atoms with Gasteiger partial charge in [-0.15, -0.1) is 0 Å². The van der Waals surface area contributed by atoms with E-state index in [1.165, 1.54) is 6.26 Å². The van der Waals surface area contributed by atoms with E-state index in [4.69, 9.17) is 0 Å². The van der Waals surface area contributed by atoms with Crippen LogP contribution in [0.1, 0.15) is 39.2 Å². The van der Waals surface area contributed by atoms with Crippen LogP contribution in [0.15, 0.2) is 30.3 Å². The lowest BCUT2D eigenvalue weighted by atomic mass is 9.91. The molecule has 1 fully saturated rings. The van der Waals surface area contributed by atoms with Gasteiger partial charge in [0.2, 0.25) is 5.91 Å². The lowest BCUT2D eigenvalue weighted by Gasteiger charge is -2.40. The van der Waals surface area contributed by atoms with E-state index in [0.29, 0.717) is 39.0 Å². The molecule has 0 unspecified atom stereocenters. The normalized spacial score (nSPS) is 17.9. The van der Waals surface area contributed by atoms with Crippen LogP contribution in [-0.4, -0.2) is 49.9 Å². The summed E-state index contributed by atoms with van der Waals surface area (Å²) in [5.74, 6) is -0.254. The monoisotopic (exact) mass is 366 g/mol. The molecule has 0 saturated carbocycles. The van der Waals surface area contributed by atoms with Gasteiger partial charge in [-0.25, -0.2) is 8.42 Å². The second kappa shape index (κ2) is 7.46. The number of nitrogens with one attached hydrogen (secondary N) is 1. The fourth-order valence-electron chi connectivity index (χ4n) is 3.44. The predicted octanol–water partition coefficient (Wildman–Crippen LogP) is 2.23. The maximum absolute atomic E-state index is 13.5. The number of sulfone groups is 1. The molecule has 140 valence electrons. The Morgan fingerprint density at radius 1 is 1.16 bits per heavy atom. The number of hydrogen-bond acceptors (Lipinski definition) is 4. The second-order valence-corrected chi connectivity index (χ2v) is 10.5. The van der Waals surface area contributed by atoms with Crippen LogP contribution in [0.3, 0.4) is 0 Å². The molecule has 1 N–H and O–H groups in total. The number of carbonyl (C=O) groups excluding carboxylic acids is 1. The van der Waals surface area contributed by atoms with Crippen molar-refractivity contribution in [2.45, 2.75) is 44.9 Å². The Morgan fingerprint density at radius 2 is 1.72 bits per heavy atom. The molecule has 0 radical (unpaired) electrons. The predicted molar refractivity (Wildman–Crippen MR) is 101 cm³/mol. The first-order chi connectivity index (χ1) is 11.6. The van der Waals surface area contributed by atoms with Gasteiger partial charge in [0.15, 0.2) is 14.6 Å². The molecule has 1 aromatic rings. The summed E-state index contributed by atoms with van der Waals surface area (Å²) in [6.07, 6.45) is 1.87. The first kappa shape index (κ1) is 19.9. The van der Waals surface area contributed by atoms with E-state index in [0.717, 1.165) is 5.56 Å². The molecule has 0 aromatic heterocycles. The molecule has 1 aliphatic heterocycles. The van der Waals surface area contributed by atoms with Crippen LogP contribution in [0.2, 0.25) is 0 Å². The third-order valence-electron chi connectivity index (χ3n) is 4.68. The van der Waals surface area contributed by atoms with Gasteiger partial charge in [0.25, 0.3) is 0 Å². The Kier molecular flexibility index (Phi) is 5.94. The van der Waals surface area contributed by atoms with Crippen molar-refractivity contribution >= 4 is 15.7 Å². The minimum absolute atomic E-state index is 0.115. The van der Waals surface area contributed by atoms with E-state index in [9.17, 15) is 13.2 Å². The number of rotatable bonds is 5. The molecular formula is C19H30N2O3S. The Morgan fingerprint density at radius 3 is 2.20 bits per heavy atom. The molecule has 0 aliphatic carbocycles. The van der Waals surface area contributed by atoms with Gasteiger partial charge in [0.1, 0.15) is 0 Å². The summed E-state index contributed by atoms with van der Waals surface area (Å²) in [7, 11) is -3.51. The van der Waals surface area contributed by atoms with E-state index >= 15 is 0 Å². The summed E-state index contributed by atoms with van der Waals surface area (Å²) in [4.78, 5) is 15.2. The summed E-state index contributed by atoms with van der Waals surface area (Å²) >= 11 is 0. The highest BCUT2D eigenvalue weighted by Crippen LogP contribution is 2.32. The number of hydrogen-bond donors (Lipinski definition) is 1. The third-order valence-corrected chi connectivity index (χ3v) is 6.68. The quantitative estimate of drug-likeness (QED) is 0.868. The minimum Gasteiger partial charge on any atom is -0.336 e. The smallest absolute Gasteiger partial charge is 0.244 e. The molecule has 0 spiro atoms. The standard InChI is InChI=1S/C19H30N2O3S/c1-18(2,3)15-21(14-16-8-6-5-7-9-16)17(22)19(25(4,23)24)10-12-20-13-11-19/h5-9,20H,10-15H2,1-4H3. The van der Waals surface area contributed by atoms with Crippen molar-refractivity contribution in [2.24, 2.45) is 5.41 Å². The number of amides is 1. The molecule has 5 nitrogen and oxygen atoms in total. The zero-order chi connectivity index (χ0) is 18.7. The van der Waals surface area contributed by atoms with Crippen molar-refractivity contribution < 1.29 is 13.2 Å². The molecular weight excluding hydrogens is 336 g/mol. The first-order valence-corrected chi connectivity index (χ1v) is 10.7. The SMILES string of the molecule is CC(C)(C)CN(Cc1ccccc1)C(=O)C1(S(C)(=O)=O)CCNCC1. The number of nitrogens with zero attached hydrogens (tertiary/aromatic N) is 1. The number of carbonyl (C=O) groups is 1. The summed E-state index contributed by atoms with van der Waals surface area (Å²) in [5.41, 5.74) is 0.897. The van der Waals surface area contributed by atoms with E-state index in [2.05, 4.69) is 26.1 Å². The van der Waals surface area contributed by atoms with E-state index in [1.54, 1.807) is 4.90 Å². The Hall–Kier alpha value is -1.40. The van der Waals surface area contributed by atoms with Gasteiger partial charge in [-0.05, 0) is 36.9 Å². The summed E-state index contributed by atoms with van der Waals surface area (Å²) in [5, 5.41) is 3.17. The fraction of sp³-hybridized carbons (Fsp3) is 0.632. The Bertz CT molecular complexity index is 687. The molecule has 0 bridgehead atoms. The molecule has 6 heteroatoms. The maximum Gasteiger partial charge on any atom is 0.244 e. The van der Waals surface area contributed by atoms with Crippen LogP contribution >= 0.6 is 0 Å². The van der Waals surface area contributed by atoms with Crippen molar-refractivity contribution in [1.82, 2.24) is 10.2 Å². The molecule has 1 amide bonds.